The molecule has 164 valence electrons. The van der Waals surface area contributed by atoms with Crippen molar-refractivity contribution >= 4 is 11.8 Å². The molecule has 0 unspecified atom stereocenters. The second kappa shape index (κ2) is 22.0. The summed E-state index contributed by atoms with van der Waals surface area (Å²) in [5, 5.41) is 2.52. The third-order valence-electron chi connectivity index (χ3n) is 5.13. The molecule has 0 atom stereocenters. The van der Waals surface area contributed by atoms with Gasteiger partial charge in [-0.2, -0.15) is 0 Å². The fraction of sp³-hybridized carbons (Fsp3) is 0.833. The van der Waals surface area contributed by atoms with Gasteiger partial charge in [-0.15, -0.1) is 0 Å². The predicted molar refractivity (Wildman–Crippen MR) is 120 cm³/mol. The van der Waals surface area contributed by atoms with Crippen LogP contribution in [0.15, 0.2) is 12.2 Å². The highest BCUT2D eigenvalue weighted by Crippen LogP contribution is 2.12. The molecule has 0 bridgehead atoms. The summed E-state index contributed by atoms with van der Waals surface area (Å²) >= 11 is 0. The van der Waals surface area contributed by atoms with E-state index in [-0.39, 0.29) is 12.5 Å². The minimum Gasteiger partial charge on any atom is -0.368 e. The first kappa shape index (κ1) is 26.7. The standard InChI is InChI=1S/C24H46N2O2/c1-2-3-4-5-6-7-8-9-10-11-12-13-14-15-16-17-18-19-20-21-24(28)26-22-23(25)27/h9-10H,2-8,11-22H2,1H3,(H2,25,27)(H,26,28). The Hall–Kier alpha value is -1.32. The maximum atomic E-state index is 11.4. The number of hydrogen-bond donors (Lipinski definition) is 2. The first-order valence-corrected chi connectivity index (χ1v) is 11.9. The molecule has 0 heterocycles. The second-order valence-corrected chi connectivity index (χ2v) is 7.99. The molecular formula is C24H46N2O2. The van der Waals surface area contributed by atoms with E-state index in [2.05, 4.69) is 24.4 Å². The Balaban J connectivity index is 3.16. The van der Waals surface area contributed by atoms with E-state index in [1.54, 1.807) is 0 Å². The zero-order valence-electron chi connectivity index (χ0n) is 18.5. The molecule has 0 saturated carbocycles. The average Bonchev–Trinajstić information content (AvgIpc) is 2.68. The molecule has 0 spiro atoms. The Kier molecular flexibility index (Phi) is 20.9. The molecule has 0 saturated heterocycles. The second-order valence-electron chi connectivity index (χ2n) is 7.99. The number of allylic oxidation sites excluding steroid dienone is 2. The van der Waals surface area contributed by atoms with Crippen molar-refractivity contribution < 1.29 is 9.59 Å². The normalized spacial score (nSPS) is 11.2. The topological polar surface area (TPSA) is 72.2 Å². The Labute approximate surface area is 174 Å². The van der Waals surface area contributed by atoms with Crippen LogP contribution in [0.3, 0.4) is 0 Å². The van der Waals surface area contributed by atoms with Crippen molar-refractivity contribution in [3.8, 4) is 0 Å². The van der Waals surface area contributed by atoms with Crippen molar-refractivity contribution in [2.45, 2.75) is 122 Å². The summed E-state index contributed by atoms with van der Waals surface area (Å²) in [4.78, 5) is 22.0. The van der Waals surface area contributed by atoms with Crippen molar-refractivity contribution in [2.24, 2.45) is 5.73 Å². The quantitative estimate of drug-likeness (QED) is 0.180. The number of carbonyl (C=O) groups is 2. The summed E-state index contributed by atoms with van der Waals surface area (Å²) in [6.07, 6.45) is 27.2. The molecule has 4 heteroatoms. The maximum Gasteiger partial charge on any atom is 0.236 e. The number of unbranched alkanes of at least 4 members (excludes halogenated alkanes) is 15. The van der Waals surface area contributed by atoms with Crippen LogP contribution in [0.5, 0.6) is 0 Å². The van der Waals surface area contributed by atoms with Crippen LogP contribution in [-0.4, -0.2) is 18.4 Å². The SMILES string of the molecule is CCCCCCCCC=CCCCCCCCCCCCC(=O)NCC(N)=O. The van der Waals surface area contributed by atoms with Crippen molar-refractivity contribution in [3.63, 3.8) is 0 Å². The van der Waals surface area contributed by atoms with Gasteiger partial charge in [-0.05, 0) is 32.1 Å². The number of nitrogens with two attached hydrogens (primary N) is 1. The van der Waals surface area contributed by atoms with Gasteiger partial charge in [0.25, 0.3) is 0 Å². The zero-order valence-corrected chi connectivity index (χ0v) is 18.5. The number of carbonyl (C=O) groups excluding carboxylic acids is 2. The summed E-state index contributed by atoms with van der Waals surface area (Å²) in [6, 6.07) is 0. The van der Waals surface area contributed by atoms with Crippen LogP contribution in [-0.2, 0) is 9.59 Å². The van der Waals surface area contributed by atoms with Crippen LogP contribution in [0.25, 0.3) is 0 Å². The highest BCUT2D eigenvalue weighted by molar-refractivity contribution is 5.83. The highest BCUT2D eigenvalue weighted by atomic mass is 16.2. The summed E-state index contributed by atoms with van der Waals surface area (Å²) in [6.45, 7) is 2.22. The van der Waals surface area contributed by atoms with Crippen LogP contribution >= 0.6 is 0 Å². The molecule has 0 aliphatic rings. The number of rotatable bonds is 21. The molecule has 0 aliphatic heterocycles. The molecule has 4 nitrogen and oxygen atoms in total. The summed E-state index contributed by atoms with van der Waals surface area (Å²) in [5.41, 5.74) is 4.99. The monoisotopic (exact) mass is 394 g/mol. The molecule has 0 aromatic heterocycles. The van der Waals surface area contributed by atoms with Gasteiger partial charge in [0.05, 0.1) is 6.54 Å². The Morgan fingerprint density at radius 2 is 1.11 bits per heavy atom. The molecule has 0 rings (SSSR count). The van der Waals surface area contributed by atoms with Crippen LogP contribution in [0.2, 0.25) is 0 Å². The summed E-state index contributed by atoms with van der Waals surface area (Å²) < 4.78 is 0. The lowest BCUT2D eigenvalue weighted by Gasteiger charge is -2.03. The molecule has 28 heavy (non-hydrogen) atoms. The van der Waals surface area contributed by atoms with Crippen LogP contribution < -0.4 is 11.1 Å². The van der Waals surface area contributed by atoms with Gasteiger partial charge >= 0.3 is 0 Å². The van der Waals surface area contributed by atoms with Gasteiger partial charge in [0, 0.05) is 6.42 Å². The molecule has 0 aromatic rings. The van der Waals surface area contributed by atoms with Crippen molar-refractivity contribution in [1.29, 1.82) is 0 Å². The molecule has 2 amide bonds. The van der Waals surface area contributed by atoms with Crippen molar-refractivity contribution in [3.05, 3.63) is 12.2 Å². The molecule has 0 aromatic carbocycles. The predicted octanol–water partition coefficient (Wildman–Crippen LogP) is 6.19. The van der Waals surface area contributed by atoms with E-state index in [0.29, 0.717) is 6.42 Å². The number of primary amides is 1. The zero-order chi connectivity index (χ0) is 20.7. The van der Waals surface area contributed by atoms with Gasteiger partial charge in [0.1, 0.15) is 0 Å². The average molecular weight is 395 g/mol. The van der Waals surface area contributed by atoms with E-state index in [1.165, 1.54) is 96.3 Å². The van der Waals surface area contributed by atoms with E-state index >= 15 is 0 Å². The van der Waals surface area contributed by atoms with Gasteiger partial charge in [-0.1, -0.05) is 96.1 Å². The number of nitrogens with one attached hydrogen (secondary N) is 1. The smallest absolute Gasteiger partial charge is 0.236 e. The lowest BCUT2D eigenvalue weighted by atomic mass is 10.1. The minimum atomic E-state index is -0.488. The Morgan fingerprint density at radius 3 is 1.57 bits per heavy atom. The number of amides is 2. The third kappa shape index (κ3) is 22.7. The van der Waals surface area contributed by atoms with E-state index in [9.17, 15) is 9.59 Å². The minimum absolute atomic E-state index is 0.0479. The van der Waals surface area contributed by atoms with E-state index in [4.69, 9.17) is 5.73 Å². The fourth-order valence-corrected chi connectivity index (χ4v) is 3.34. The van der Waals surface area contributed by atoms with Gasteiger partial charge in [0.15, 0.2) is 0 Å². The first-order valence-electron chi connectivity index (χ1n) is 11.9. The lowest BCUT2D eigenvalue weighted by Crippen LogP contribution is -2.33. The van der Waals surface area contributed by atoms with Crippen LogP contribution in [0, 0.1) is 0 Å². The Bertz CT molecular complexity index is 394. The van der Waals surface area contributed by atoms with Crippen molar-refractivity contribution in [2.75, 3.05) is 6.54 Å². The van der Waals surface area contributed by atoms with Gasteiger partial charge in [0.2, 0.25) is 11.8 Å². The largest absolute Gasteiger partial charge is 0.368 e. The van der Waals surface area contributed by atoms with Gasteiger partial charge < -0.3 is 11.1 Å². The third-order valence-corrected chi connectivity index (χ3v) is 5.13. The molecule has 0 radical (unpaired) electrons. The van der Waals surface area contributed by atoms with E-state index in [0.717, 1.165) is 12.8 Å². The molecule has 0 fully saturated rings. The van der Waals surface area contributed by atoms with Gasteiger partial charge in [-0.25, -0.2) is 0 Å². The Morgan fingerprint density at radius 1 is 0.679 bits per heavy atom. The summed E-state index contributed by atoms with van der Waals surface area (Å²) in [5.74, 6) is -0.558. The van der Waals surface area contributed by atoms with Crippen LogP contribution in [0.4, 0.5) is 0 Å². The molecule has 3 N–H and O–H groups in total. The highest BCUT2D eigenvalue weighted by Gasteiger charge is 2.02. The van der Waals surface area contributed by atoms with Gasteiger partial charge in [-0.3, -0.25) is 9.59 Å². The fourth-order valence-electron chi connectivity index (χ4n) is 3.34. The van der Waals surface area contributed by atoms with Crippen molar-refractivity contribution in [1.82, 2.24) is 5.32 Å². The first-order chi connectivity index (χ1) is 13.7. The molecule has 0 aliphatic carbocycles. The summed E-state index contributed by atoms with van der Waals surface area (Å²) in [7, 11) is 0. The maximum absolute atomic E-state index is 11.4. The number of hydrogen-bond acceptors (Lipinski definition) is 2. The lowest BCUT2D eigenvalue weighted by molar-refractivity contribution is -0.124. The van der Waals surface area contributed by atoms with E-state index in [1.807, 2.05) is 0 Å². The molecular weight excluding hydrogens is 348 g/mol. The van der Waals surface area contributed by atoms with Crippen LogP contribution in [0.1, 0.15) is 122 Å². The van der Waals surface area contributed by atoms with E-state index < -0.39 is 5.91 Å².